The fourth-order valence-electron chi connectivity index (χ4n) is 1.99. The van der Waals surface area contributed by atoms with Gasteiger partial charge in [0.25, 0.3) is 5.69 Å². The van der Waals surface area contributed by atoms with Crippen molar-refractivity contribution >= 4 is 21.2 Å². The lowest BCUT2D eigenvalue weighted by molar-refractivity contribution is -0.384. The number of nitrogens with one attached hydrogen (secondary N) is 1. The van der Waals surface area contributed by atoms with Gasteiger partial charge in [-0.25, -0.2) is 8.42 Å². The number of nitrogens with zero attached hydrogens (tertiary/aromatic N) is 2. The molecular formula is C11H11N3O4S. The van der Waals surface area contributed by atoms with Crippen molar-refractivity contribution in [3.8, 4) is 6.07 Å². The molecule has 0 bridgehead atoms. The first kappa shape index (κ1) is 13.3. The zero-order valence-corrected chi connectivity index (χ0v) is 10.7. The highest BCUT2D eigenvalue weighted by molar-refractivity contribution is 7.91. The van der Waals surface area contributed by atoms with Crippen molar-refractivity contribution in [3.63, 3.8) is 0 Å². The van der Waals surface area contributed by atoms with Crippen molar-refractivity contribution in [3.05, 3.63) is 33.9 Å². The number of anilines is 1. The van der Waals surface area contributed by atoms with Gasteiger partial charge < -0.3 is 5.32 Å². The predicted molar refractivity (Wildman–Crippen MR) is 68.5 cm³/mol. The fourth-order valence-corrected chi connectivity index (χ4v) is 3.67. The summed E-state index contributed by atoms with van der Waals surface area (Å²) in [5.74, 6) is 0.147. The van der Waals surface area contributed by atoms with Crippen LogP contribution < -0.4 is 5.32 Å². The van der Waals surface area contributed by atoms with E-state index < -0.39 is 14.8 Å². The molecule has 8 heteroatoms. The molecule has 100 valence electrons. The molecule has 0 unspecified atom stereocenters. The lowest BCUT2D eigenvalue weighted by Gasteiger charge is -2.13. The van der Waals surface area contributed by atoms with Gasteiger partial charge in [-0.05, 0) is 12.5 Å². The molecule has 1 saturated heterocycles. The smallest absolute Gasteiger partial charge is 0.270 e. The van der Waals surface area contributed by atoms with Crippen molar-refractivity contribution in [2.24, 2.45) is 0 Å². The average Bonchev–Trinajstić information content (AvgIpc) is 2.69. The van der Waals surface area contributed by atoms with Gasteiger partial charge in [0.2, 0.25) is 0 Å². The number of hydrogen-bond acceptors (Lipinski definition) is 6. The number of non-ortho nitro benzene ring substituents is 1. The molecule has 0 saturated carbocycles. The summed E-state index contributed by atoms with van der Waals surface area (Å²) in [5.41, 5.74) is 0.398. The summed E-state index contributed by atoms with van der Waals surface area (Å²) in [6.45, 7) is 0. The van der Waals surface area contributed by atoms with Crippen LogP contribution in [-0.2, 0) is 9.84 Å². The Balaban J connectivity index is 2.22. The summed E-state index contributed by atoms with van der Waals surface area (Å²) >= 11 is 0. The minimum atomic E-state index is -3.01. The van der Waals surface area contributed by atoms with E-state index in [2.05, 4.69) is 5.32 Å². The standard InChI is InChI=1S/C11H11N3O4S/c12-6-8-5-10(14(15)16)1-2-11(8)13-9-3-4-19(17,18)7-9/h1-2,5,9,13H,3-4,7H2/t9-/m1/s1. The minimum absolute atomic E-state index is 0.0227. The molecule has 0 amide bonds. The number of nitriles is 1. The van der Waals surface area contributed by atoms with E-state index >= 15 is 0 Å². The molecule has 1 aliphatic rings. The zero-order valence-electron chi connectivity index (χ0n) is 9.87. The number of rotatable bonds is 3. The second kappa shape index (κ2) is 4.85. The second-order valence-corrected chi connectivity index (χ2v) is 6.57. The largest absolute Gasteiger partial charge is 0.380 e. The molecule has 0 aliphatic carbocycles. The van der Waals surface area contributed by atoms with Crippen LogP contribution in [-0.4, -0.2) is 30.9 Å². The van der Waals surface area contributed by atoms with Crippen molar-refractivity contribution in [2.45, 2.75) is 12.5 Å². The Labute approximate surface area is 109 Å². The van der Waals surface area contributed by atoms with Crippen molar-refractivity contribution in [2.75, 3.05) is 16.8 Å². The van der Waals surface area contributed by atoms with Crippen molar-refractivity contribution < 1.29 is 13.3 Å². The molecule has 1 heterocycles. The lowest BCUT2D eigenvalue weighted by atomic mass is 10.1. The van der Waals surface area contributed by atoms with Crippen LogP contribution in [0.5, 0.6) is 0 Å². The van der Waals surface area contributed by atoms with E-state index in [0.29, 0.717) is 12.1 Å². The van der Waals surface area contributed by atoms with Gasteiger partial charge in [-0.15, -0.1) is 0 Å². The number of hydrogen-bond donors (Lipinski definition) is 1. The minimum Gasteiger partial charge on any atom is -0.380 e. The van der Waals surface area contributed by atoms with E-state index in [1.54, 1.807) is 0 Å². The maximum Gasteiger partial charge on any atom is 0.270 e. The van der Waals surface area contributed by atoms with Gasteiger partial charge in [0.05, 0.1) is 27.7 Å². The van der Waals surface area contributed by atoms with Gasteiger partial charge in [0.15, 0.2) is 9.84 Å². The van der Waals surface area contributed by atoms with Crippen LogP contribution in [0.3, 0.4) is 0 Å². The summed E-state index contributed by atoms with van der Waals surface area (Å²) in [4.78, 5) is 10.0. The van der Waals surface area contributed by atoms with Crippen LogP contribution in [0.15, 0.2) is 18.2 Å². The Morgan fingerprint density at radius 1 is 1.47 bits per heavy atom. The molecule has 0 radical (unpaired) electrons. The molecule has 0 spiro atoms. The topological polar surface area (TPSA) is 113 Å². The van der Waals surface area contributed by atoms with E-state index in [-0.39, 0.29) is 28.8 Å². The van der Waals surface area contributed by atoms with Crippen LogP contribution in [0.4, 0.5) is 11.4 Å². The highest BCUT2D eigenvalue weighted by Crippen LogP contribution is 2.24. The molecule has 1 atom stereocenters. The number of nitro benzene ring substituents is 1. The van der Waals surface area contributed by atoms with E-state index in [4.69, 9.17) is 5.26 Å². The van der Waals surface area contributed by atoms with Gasteiger partial charge >= 0.3 is 0 Å². The third kappa shape index (κ3) is 3.00. The average molecular weight is 281 g/mol. The van der Waals surface area contributed by atoms with Crippen molar-refractivity contribution in [1.82, 2.24) is 0 Å². The summed E-state index contributed by atoms with van der Waals surface area (Å²) in [7, 11) is -3.01. The first-order chi connectivity index (χ1) is 8.91. The third-order valence-corrected chi connectivity index (χ3v) is 4.69. The fraction of sp³-hybridized carbons (Fsp3) is 0.364. The van der Waals surface area contributed by atoms with E-state index in [0.717, 1.165) is 0 Å². The van der Waals surface area contributed by atoms with E-state index in [9.17, 15) is 18.5 Å². The Hall–Kier alpha value is -2.14. The number of nitro groups is 1. The maximum absolute atomic E-state index is 11.3. The molecule has 1 aromatic rings. The van der Waals surface area contributed by atoms with Gasteiger partial charge in [0.1, 0.15) is 6.07 Å². The van der Waals surface area contributed by atoms with Crippen LogP contribution >= 0.6 is 0 Å². The Bertz CT molecular complexity index is 663. The summed E-state index contributed by atoms with van der Waals surface area (Å²) < 4.78 is 22.7. The molecule has 1 aromatic carbocycles. The quantitative estimate of drug-likeness (QED) is 0.654. The predicted octanol–water partition coefficient (Wildman–Crippen LogP) is 1.07. The highest BCUT2D eigenvalue weighted by Gasteiger charge is 2.28. The van der Waals surface area contributed by atoms with Gasteiger partial charge in [-0.2, -0.15) is 5.26 Å². The third-order valence-electron chi connectivity index (χ3n) is 2.93. The summed E-state index contributed by atoms with van der Waals surface area (Å²) in [5, 5.41) is 22.5. The normalized spacial score (nSPS) is 20.7. The Morgan fingerprint density at radius 2 is 2.21 bits per heavy atom. The van der Waals surface area contributed by atoms with Crippen molar-refractivity contribution in [1.29, 1.82) is 5.26 Å². The van der Waals surface area contributed by atoms with Gasteiger partial charge in [0, 0.05) is 18.2 Å². The second-order valence-electron chi connectivity index (χ2n) is 4.34. The first-order valence-corrected chi connectivity index (χ1v) is 7.39. The number of sulfone groups is 1. The van der Waals surface area contributed by atoms with Crippen LogP contribution in [0.1, 0.15) is 12.0 Å². The first-order valence-electron chi connectivity index (χ1n) is 5.57. The van der Waals surface area contributed by atoms with Crippen LogP contribution in [0.2, 0.25) is 0 Å². The summed E-state index contributed by atoms with van der Waals surface area (Å²) in [6, 6.07) is 5.51. The molecule has 2 rings (SSSR count). The molecule has 0 aromatic heterocycles. The monoisotopic (exact) mass is 281 g/mol. The van der Waals surface area contributed by atoms with Gasteiger partial charge in [-0.3, -0.25) is 10.1 Å². The molecule has 7 nitrogen and oxygen atoms in total. The lowest BCUT2D eigenvalue weighted by Crippen LogP contribution is -2.21. The van der Waals surface area contributed by atoms with Crippen LogP contribution in [0, 0.1) is 21.4 Å². The summed E-state index contributed by atoms with van der Waals surface area (Å²) in [6.07, 6.45) is 0.476. The Morgan fingerprint density at radius 3 is 2.74 bits per heavy atom. The van der Waals surface area contributed by atoms with E-state index in [1.165, 1.54) is 18.2 Å². The highest BCUT2D eigenvalue weighted by atomic mass is 32.2. The number of benzene rings is 1. The molecule has 19 heavy (non-hydrogen) atoms. The molecule has 1 N–H and O–H groups in total. The Kier molecular flexibility index (Phi) is 3.40. The molecular weight excluding hydrogens is 270 g/mol. The SMILES string of the molecule is N#Cc1cc([N+](=O)[O-])ccc1N[C@@H]1CCS(=O)(=O)C1. The molecule has 1 fully saturated rings. The van der Waals surface area contributed by atoms with E-state index in [1.807, 2.05) is 6.07 Å². The maximum atomic E-state index is 11.3. The zero-order chi connectivity index (χ0) is 14.0. The van der Waals surface area contributed by atoms with Crippen LogP contribution in [0.25, 0.3) is 0 Å². The van der Waals surface area contributed by atoms with Gasteiger partial charge in [-0.1, -0.05) is 0 Å². The molecule has 1 aliphatic heterocycles.